The summed E-state index contributed by atoms with van der Waals surface area (Å²) < 4.78 is 5.65. The highest BCUT2D eigenvalue weighted by Gasteiger charge is 2.30. The lowest BCUT2D eigenvalue weighted by molar-refractivity contribution is -0.144. The molecule has 0 bridgehead atoms. The minimum Gasteiger partial charge on any atom is -0.370 e. The fourth-order valence-corrected chi connectivity index (χ4v) is 1.19. The van der Waals surface area contributed by atoms with Gasteiger partial charge in [-0.15, -0.1) is 0 Å². The van der Waals surface area contributed by atoms with Crippen LogP contribution in [0, 0.1) is 0 Å². The lowest BCUT2D eigenvalue weighted by atomic mass is 10.1. The number of ether oxygens (including phenoxy) is 1. The van der Waals surface area contributed by atoms with Gasteiger partial charge in [0.25, 0.3) is 0 Å². The van der Waals surface area contributed by atoms with E-state index in [2.05, 4.69) is 5.43 Å². The molecule has 1 amide bonds. The van der Waals surface area contributed by atoms with Crippen molar-refractivity contribution in [1.82, 2.24) is 10.4 Å². The second kappa shape index (κ2) is 3.41. The molecule has 0 aliphatic carbocycles. The average Bonchev–Trinajstić information content (AvgIpc) is 1.80. The number of amides is 1. The van der Waals surface area contributed by atoms with Gasteiger partial charge < -0.3 is 4.74 Å². The Hall–Kier alpha value is -0.610. The summed E-state index contributed by atoms with van der Waals surface area (Å²) in [7, 11) is 0. The molecule has 0 unspecified atom stereocenters. The molecule has 0 saturated carbocycles. The fraction of sp³-hybridized carbons (Fsp3) is 0.875. The molecule has 0 aromatic rings. The molecule has 0 radical (unpaired) electrons. The van der Waals surface area contributed by atoms with E-state index in [1.165, 1.54) is 0 Å². The molecule has 1 fully saturated rings. The summed E-state index contributed by atoms with van der Waals surface area (Å²) in [5.41, 5.74) is 2.49. The minimum absolute atomic E-state index is 0.0854. The Labute approximate surface area is 72.8 Å². The van der Waals surface area contributed by atoms with Crippen molar-refractivity contribution in [3.63, 3.8) is 0 Å². The highest BCUT2D eigenvalue weighted by atomic mass is 16.5. The lowest BCUT2D eigenvalue weighted by Crippen LogP contribution is -2.59. The number of rotatable bonds is 3. The van der Waals surface area contributed by atoms with Crippen LogP contribution in [0.1, 0.15) is 20.8 Å². The summed E-state index contributed by atoms with van der Waals surface area (Å²) >= 11 is 0. The molecule has 0 atom stereocenters. The number of carbonyl (C=O) groups excluding carboxylic acids is 1. The van der Waals surface area contributed by atoms with Crippen LogP contribution >= 0.6 is 0 Å². The van der Waals surface area contributed by atoms with Gasteiger partial charge in [-0.25, -0.2) is 5.01 Å². The van der Waals surface area contributed by atoms with Gasteiger partial charge in [-0.1, -0.05) is 0 Å². The van der Waals surface area contributed by atoms with Crippen molar-refractivity contribution in [1.29, 1.82) is 0 Å². The Morgan fingerprint density at radius 3 is 2.50 bits per heavy atom. The fourth-order valence-electron chi connectivity index (χ4n) is 1.19. The molecule has 1 rings (SSSR count). The summed E-state index contributed by atoms with van der Waals surface area (Å²) in [6.07, 6.45) is 0.949. The number of nitrogens with one attached hydrogen (secondary N) is 1. The number of hydrazine groups is 1. The van der Waals surface area contributed by atoms with Crippen molar-refractivity contribution < 1.29 is 9.53 Å². The molecule has 4 nitrogen and oxygen atoms in total. The van der Waals surface area contributed by atoms with Crippen LogP contribution in [-0.4, -0.2) is 36.2 Å². The van der Waals surface area contributed by atoms with Gasteiger partial charge in [-0.3, -0.25) is 10.2 Å². The molecule has 0 aromatic heterocycles. The molecule has 1 aliphatic heterocycles. The van der Waals surface area contributed by atoms with E-state index in [1.54, 1.807) is 0 Å². The summed E-state index contributed by atoms with van der Waals surface area (Å²) in [6.45, 7) is 7.67. The van der Waals surface area contributed by atoms with Crippen molar-refractivity contribution in [2.75, 3.05) is 13.1 Å². The standard InChI is InChI=1S/C8H16N2O2/c1-8(2,3)12-7-4-10(5-7)9-6-11/h6-7H,4-5H2,1-3H3,(H,9,11). The van der Waals surface area contributed by atoms with E-state index in [4.69, 9.17) is 4.74 Å². The number of carbonyl (C=O) groups is 1. The molecule has 0 spiro atoms. The Kier molecular flexibility index (Phi) is 2.69. The quantitative estimate of drug-likeness (QED) is 0.616. The molecule has 12 heavy (non-hydrogen) atoms. The SMILES string of the molecule is CC(C)(C)OC1CN(NC=O)C1. The topological polar surface area (TPSA) is 41.6 Å². The van der Waals surface area contributed by atoms with E-state index in [0.717, 1.165) is 13.1 Å². The van der Waals surface area contributed by atoms with Crippen LogP contribution in [0.2, 0.25) is 0 Å². The summed E-state index contributed by atoms with van der Waals surface area (Å²) in [5, 5.41) is 1.82. The number of nitrogens with zero attached hydrogens (tertiary/aromatic N) is 1. The Morgan fingerprint density at radius 2 is 2.08 bits per heavy atom. The number of hydrogen-bond acceptors (Lipinski definition) is 3. The van der Waals surface area contributed by atoms with E-state index in [0.29, 0.717) is 6.41 Å². The highest BCUT2D eigenvalue weighted by Crippen LogP contribution is 2.16. The molecule has 4 heteroatoms. The Balaban J connectivity index is 2.13. The first-order valence-electron chi connectivity index (χ1n) is 4.14. The molecule has 0 aromatic carbocycles. The van der Waals surface area contributed by atoms with Crippen LogP contribution in [-0.2, 0) is 9.53 Å². The predicted octanol–water partition coefficient (Wildman–Crippen LogP) is 0.147. The summed E-state index contributed by atoms with van der Waals surface area (Å²) in [4.78, 5) is 10.0. The van der Waals surface area contributed by atoms with Gasteiger partial charge in [-0.05, 0) is 20.8 Å². The first kappa shape index (κ1) is 9.48. The predicted molar refractivity (Wildman–Crippen MR) is 45.4 cm³/mol. The normalized spacial score (nSPS) is 20.2. The minimum atomic E-state index is -0.0854. The van der Waals surface area contributed by atoms with Gasteiger partial charge in [0.15, 0.2) is 0 Å². The van der Waals surface area contributed by atoms with Crippen molar-refractivity contribution in [3.05, 3.63) is 0 Å². The molecule has 1 N–H and O–H groups in total. The van der Waals surface area contributed by atoms with E-state index in [1.807, 2.05) is 25.8 Å². The van der Waals surface area contributed by atoms with Gasteiger partial charge in [0.05, 0.1) is 11.7 Å². The van der Waals surface area contributed by atoms with E-state index >= 15 is 0 Å². The van der Waals surface area contributed by atoms with Gasteiger partial charge in [0, 0.05) is 13.1 Å². The van der Waals surface area contributed by atoms with Crippen LogP contribution in [0.15, 0.2) is 0 Å². The third-order valence-electron chi connectivity index (χ3n) is 1.60. The average molecular weight is 172 g/mol. The molecule has 1 aliphatic rings. The van der Waals surface area contributed by atoms with Crippen molar-refractivity contribution in [2.24, 2.45) is 0 Å². The lowest BCUT2D eigenvalue weighted by Gasteiger charge is -2.40. The zero-order chi connectivity index (χ0) is 9.19. The monoisotopic (exact) mass is 172 g/mol. The maximum Gasteiger partial charge on any atom is 0.221 e. The largest absolute Gasteiger partial charge is 0.370 e. The van der Waals surface area contributed by atoms with Crippen molar-refractivity contribution >= 4 is 6.41 Å². The molecule has 1 saturated heterocycles. The van der Waals surface area contributed by atoms with Crippen molar-refractivity contribution in [3.8, 4) is 0 Å². The Morgan fingerprint density at radius 1 is 1.50 bits per heavy atom. The van der Waals surface area contributed by atoms with Crippen LogP contribution < -0.4 is 5.43 Å². The third kappa shape index (κ3) is 2.79. The van der Waals surface area contributed by atoms with Gasteiger partial charge in [0.2, 0.25) is 6.41 Å². The van der Waals surface area contributed by atoms with Crippen LogP contribution in [0.3, 0.4) is 0 Å². The van der Waals surface area contributed by atoms with Gasteiger partial charge in [-0.2, -0.15) is 0 Å². The highest BCUT2D eigenvalue weighted by molar-refractivity contribution is 5.45. The molecular weight excluding hydrogens is 156 g/mol. The molecule has 70 valence electrons. The Bertz CT molecular complexity index is 159. The van der Waals surface area contributed by atoms with E-state index < -0.39 is 0 Å². The smallest absolute Gasteiger partial charge is 0.221 e. The maximum absolute atomic E-state index is 10.0. The van der Waals surface area contributed by atoms with Gasteiger partial charge in [0.1, 0.15) is 0 Å². The zero-order valence-corrected chi connectivity index (χ0v) is 7.83. The van der Waals surface area contributed by atoms with E-state index in [9.17, 15) is 4.79 Å². The first-order chi connectivity index (χ1) is 5.51. The number of hydrogen-bond donors (Lipinski definition) is 1. The zero-order valence-electron chi connectivity index (χ0n) is 7.83. The first-order valence-corrected chi connectivity index (χ1v) is 4.14. The van der Waals surface area contributed by atoms with Crippen LogP contribution in [0.4, 0.5) is 0 Å². The second-order valence-corrected chi connectivity index (χ2v) is 4.00. The van der Waals surface area contributed by atoms with E-state index in [-0.39, 0.29) is 11.7 Å². The maximum atomic E-state index is 10.0. The summed E-state index contributed by atoms with van der Waals surface area (Å²) in [5.74, 6) is 0. The molecular formula is C8H16N2O2. The van der Waals surface area contributed by atoms with Gasteiger partial charge >= 0.3 is 0 Å². The van der Waals surface area contributed by atoms with Crippen LogP contribution in [0.25, 0.3) is 0 Å². The summed E-state index contributed by atoms with van der Waals surface area (Å²) in [6, 6.07) is 0. The second-order valence-electron chi connectivity index (χ2n) is 4.00. The molecule has 1 heterocycles. The van der Waals surface area contributed by atoms with Crippen LogP contribution in [0.5, 0.6) is 0 Å². The third-order valence-corrected chi connectivity index (χ3v) is 1.60. The van der Waals surface area contributed by atoms with Crippen molar-refractivity contribution in [2.45, 2.75) is 32.5 Å².